The normalized spacial score (nSPS) is 23.8. The van der Waals surface area contributed by atoms with Crippen LogP contribution in [0.4, 0.5) is 0 Å². The summed E-state index contributed by atoms with van der Waals surface area (Å²) in [6, 6.07) is 20.6. The Kier molecular flexibility index (Phi) is 26.8. The van der Waals surface area contributed by atoms with Crippen LogP contribution >= 0.6 is 71.3 Å². The van der Waals surface area contributed by atoms with Crippen molar-refractivity contribution in [2.45, 2.75) is 169 Å². The van der Waals surface area contributed by atoms with E-state index in [1.165, 1.54) is 25.3 Å². The highest BCUT2D eigenvalue weighted by Gasteiger charge is 2.29. The second-order valence-electron chi connectivity index (χ2n) is 22.6. The number of aliphatic hydroxyl groups is 1. The topological polar surface area (TPSA) is 208 Å². The van der Waals surface area contributed by atoms with Crippen molar-refractivity contribution in [1.82, 2.24) is 44.4 Å². The van der Waals surface area contributed by atoms with Gasteiger partial charge in [-0.15, -0.1) is 23.5 Å². The lowest BCUT2D eigenvalue weighted by molar-refractivity contribution is 0.179. The van der Waals surface area contributed by atoms with Crippen LogP contribution in [0.3, 0.4) is 0 Å². The van der Waals surface area contributed by atoms with Gasteiger partial charge in [-0.05, 0) is 211 Å². The van der Waals surface area contributed by atoms with Gasteiger partial charge in [0, 0.05) is 122 Å². The molecule has 10 atom stereocenters. The first-order chi connectivity index (χ1) is 41.2. The summed E-state index contributed by atoms with van der Waals surface area (Å²) in [5.41, 5.74) is 6.45. The molecule has 16 nitrogen and oxygen atoms in total. The van der Waals surface area contributed by atoms with Gasteiger partial charge < -0.3 is 29.8 Å². The minimum atomic E-state index is -0.0793. The van der Waals surface area contributed by atoms with Crippen molar-refractivity contribution in [3.05, 3.63) is 158 Å². The minimum Gasteiger partial charge on any atom is -0.474 e. The van der Waals surface area contributed by atoms with Crippen LogP contribution in [0, 0.1) is 23.7 Å². The van der Waals surface area contributed by atoms with Crippen LogP contribution in [0.5, 0.6) is 23.5 Å². The molecule has 12 rings (SSSR count). The van der Waals surface area contributed by atoms with Crippen molar-refractivity contribution in [3.63, 3.8) is 0 Å². The van der Waals surface area contributed by atoms with Crippen molar-refractivity contribution in [2.75, 3.05) is 12.5 Å². The fraction of sp³-hybridized carbons (Fsp3) is 0.484. The first-order valence-corrected chi connectivity index (χ1v) is 34.3. The number of thioether (sulfide) groups is 2. The van der Waals surface area contributed by atoms with E-state index in [1.807, 2.05) is 91.9 Å². The predicted molar refractivity (Wildman–Crippen MR) is 347 cm³/mol. The summed E-state index contributed by atoms with van der Waals surface area (Å²) in [5.74, 6) is 7.27. The average Bonchev–Trinajstić information content (AvgIpc) is 4.45. The van der Waals surface area contributed by atoms with Crippen molar-refractivity contribution in [1.29, 1.82) is 0 Å². The Labute approximate surface area is 534 Å². The molecule has 5 fully saturated rings. The Balaban J connectivity index is 0.000000147. The molecule has 0 radical (unpaired) electrons. The van der Waals surface area contributed by atoms with Crippen LogP contribution in [0.1, 0.15) is 122 Å². The number of hydrogen-bond acceptors (Lipinski definition) is 17. The summed E-state index contributed by atoms with van der Waals surface area (Å²) >= 11 is 13.4. The molecule has 0 amide bonds. The van der Waals surface area contributed by atoms with E-state index in [1.54, 1.807) is 65.1 Å². The molecule has 7 heterocycles. The standard InChI is InChI=1S/C21H22N4O2S.C16H18BrN3OS.C11H14BrNO.C10H13BrN2O.C6H12O/c1-28-18-13-22-19(23-14-18)11-15-5-7-17(10-15)27-20-8-6-16(12-24-20)25-9-3-2-4-21(25)26;1-22-14-9-18-15(19-10-14)7-11-2-4-13(6-11)21-16-5-3-12(17)8-20-16;1-8-2-4-10(6-8)14-11-5-3-9(12)7-13-11;11-7-1-4-10(13-6-7)14-9-3-2-8(12)5-9;1-5-2-3-6(7)4-5/h2-4,6,8-9,12-15,17H,5,7,10-11H2,1H3;3,5,8-11,13H,2,4,6-7H2,1H3;3,5,7-8,10H,2,4,6H2,1H3;1,4,6,8-9H,2-3,5,12H2;5-7H,2-4H2,1H3/t15-,17-;11-,13-;8-,10-;8-,9-;5-,6+/m00000/s1. The van der Waals surface area contributed by atoms with Crippen molar-refractivity contribution < 1.29 is 24.1 Å². The SMILES string of the molecule is CSc1cnc(C[C@H]2CC[C@H](Oc3ccc(-n4ccccc4=O)cn3)C2)nc1.CSc1cnc(C[C@H]2CC[C@H](Oc3ccc(Br)cn3)C2)nc1.C[C@H]1CC[C@@H](O)C1.C[C@H]1CC[C@H](Oc2ccc(Br)cn2)C1.N[C@H]1CC[C@H](Oc2ccc(Br)cn2)C1. The first kappa shape index (κ1) is 65.9. The summed E-state index contributed by atoms with van der Waals surface area (Å²) in [5, 5.41) is 8.90. The molecule has 0 spiro atoms. The van der Waals surface area contributed by atoms with Crippen molar-refractivity contribution in [3.8, 4) is 29.2 Å². The molecule has 454 valence electrons. The van der Waals surface area contributed by atoms with E-state index in [4.69, 9.17) is 29.8 Å². The molecule has 5 aliphatic carbocycles. The van der Waals surface area contributed by atoms with Gasteiger partial charge in [0.05, 0.1) is 18.0 Å². The molecule has 0 saturated heterocycles. The van der Waals surface area contributed by atoms with E-state index in [0.29, 0.717) is 41.6 Å². The van der Waals surface area contributed by atoms with Crippen molar-refractivity contribution >= 4 is 71.3 Å². The van der Waals surface area contributed by atoms with E-state index in [2.05, 4.69) is 102 Å². The number of aromatic nitrogens is 9. The molecule has 0 unspecified atom stereocenters. The summed E-state index contributed by atoms with van der Waals surface area (Å²) in [6.45, 7) is 4.47. The van der Waals surface area contributed by atoms with Gasteiger partial charge in [-0.25, -0.2) is 39.9 Å². The van der Waals surface area contributed by atoms with Crippen molar-refractivity contribution in [2.24, 2.45) is 29.4 Å². The Bertz CT molecular complexity index is 3040. The molecule has 3 N–H and O–H groups in total. The van der Waals surface area contributed by atoms with Crippen LogP contribution in [0.25, 0.3) is 5.69 Å². The maximum absolute atomic E-state index is 11.9. The van der Waals surface area contributed by atoms with E-state index in [-0.39, 0.29) is 30.0 Å². The van der Waals surface area contributed by atoms with Crippen LogP contribution in [-0.4, -0.2) is 98.6 Å². The Morgan fingerprint density at radius 3 is 1.27 bits per heavy atom. The second-order valence-corrected chi connectivity index (χ2v) is 27.1. The zero-order valence-electron chi connectivity index (χ0n) is 48.9. The zero-order chi connectivity index (χ0) is 59.9. The van der Waals surface area contributed by atoms with E-state index in [0.717, 1.165) is 148 Å². The molecular weight excluding hydrogens is 1310 g/mol. The number of hydrogen-bond donors (Lipinski definition) is 2. The molecule has 0 bridgehead atoms. The number of rotatable bonds is 15. The number of halogens is 3. The van der Waals surface area contributed by atoms with E-state index < -0.39 is 0 Å². The lowest BCUT2D eigenvalue weighted by Crippen LogP contribution is -2.19. The van der Waals surface area contributed by atoms with Crippen LogP contribution in [-0.2, 0) is 12.8 Å². The van der Waals surface area contributed by atoms with Gasteiger partial charge in [-0.3, -0.25) is 9.36 Å². The highest BCUT2D eigenvalue weighted by Crippen LogP contribution is 2.33. The lowest BCUT2D eigenvalue weighted by atomic mass is 10.0. The van der Waals surface area contributed by atoms with Gasteiger partial charge in [0.1, 0.15) is 36.1 Å². The predicted octanol–water partition coefficient (Wildman–Crippen LogP) is 14.4. The number of nitrogens with two attached hydrogens (primary N) is 1. The van der Waals surface area contributed by atoms with Gasteiger partial charge in [-0.1, -0.05) is 19.9 Å². The second kappa shape index (κ2) is 34.5. The third-order valence-electron chi connectivity index (χ3n) is 15.6. The molecule has 5 aliphatic rings. The molecule has 85 heavy (non-hydrogen) atoms. The zero-order valence-corrected chi connectivity index (χ0v) is 55.3. The average molecular weight is 1390 g/mol. The van der Waals surface area contributed by atoms with Gasteiger partial charge in [0.2, 0.25) is 23.5 Å². The molecule has 21 heteroatoms. The van der Waals surface area contributed by atoms with Gasteiger partial charge >= 0.3 is 0 Å². The van der Waals surface area contributed by atoms with Crippen LogP contribution < -0.4 is 30.2 Å². The minimum absolute atomic E-state index is 0.0231. The molecule has 7 aromatic rings. The number of pyridine rings is 5. The fourth-order valence-electron chi connectivity index (χ4n) is 11.0. The molecule has 5 saturated carbocycles. The maximum Gasteiger partial charge on any atom is 0.255 e. The molecule has 0 aliphatic heterocycles. The van der Waals surface area contributed by atoms with Gasteiger partial charge in [0.15, 0.2) is 0 Å². The Morgan fingerprint density at radius 2 is 0.918 bits per heavy atom. The maximum atomic E-state index is 11.9. The van der Waals surface area contributed by atoms with Gasteiger partial charge in [-0.2, -0.15) is 0 Å². The number of ether oxygens (including phenoxy) is 4. The highest BCUT2D eigenvalue weighted by molar-refractivity contribution is 9.11. The van der Waals surface area contributed by atoms with E-state index >= 15 is 0 Å². The van der Waals surface area contributed by atoms with E-state index in [9.17, 15) is 4.79 Å². The summed E-state index contributed by atoms with van der Waals surface area (Å²) in [4.78, 5) is 48.9. The quantitative estimate of drug-likeness (QED) is 0.0915. The molecule has 0 aromatic carbocycles. The monoisotopic (exact) mass is 1380 g/mol. The smallest absolute Gasteiger partial charge is 0.255 e. The molecular formula is C64H79Br3N10O6S2. The largest absolute Gasteiger partial charge is 0.474 e. The summed E-state index contributed by atoms with van der Waals surface area (Å²) in [6.07, 6.45) is 39.5. The highest BCUT2D eigenvalue weighted by atomic mass is 79.9. The summed E-state index contributed by atoms with van der Waals surface area (Å²) < 4.78 is 28.0. The Hall–Kier alpha value is -5.03. The fourth-order valence-corrected chi connectivity index (χ4v) is 12.3. The molecule has 7 aromatic heterocycles. The Morgan fingerprint density at radius 1 is 0.494 bits per heavy atom. The summed E-state index contributed by atoms with van der Waals surface area (Å²) in [7, 11) is 0. The number of aliphatic hydroxyl groups excluding tert-OH is 1. The first-order valence-electron chi connectivity index (χ1n) is 29.5. The number of nitrogens with zero attached hydrogens (tertiary/aromatic N) is 9. The van der Waals surface area contributed by atoms with Gasteiger partial charge in [0.25, 0.3) is 5.56 Å². The van der Waals surface area contributed by atoms with Crippen LogP contribution in [0.2, 0.25) is 0 Å². The third kappa shape index (κ3) is 22.9. The lowest BCUT2D eigenvalue weighted by Gasteiger charge is -2.14. The third-order valence-corrected chi connectivity index (χ3v) is 18.3. The van der Waals surface area contributed by atoms with Crippen LogP contribution in [0.15, 0.2) is 151 Å².